The number of alkyl halides is 3. The summed E-state index contributed by atoms with van der Waals surface area (Å²) in [6.07, 6.45) is -4.33. The van der Waals surface area contributed by atoms with Crippen LogP contribution in [0.3, 0.4) is 0 Å². The smallest absolute Gasteiger partial charge is 0.370 e. The van der Waals surface area contributed by atoms with Crippen molar-refractivity contribution in [3.05, 3.63) is 35.4 Å². The lowest BCUT2D eigenvalue weighted by atomic mass is 9.92. The van der Waals surface area contributed by atoms with Gasteiger partial charge in [-0.3, -0.25) is 4.99 Å². The maximum absolute atomic E-state index is 12.9. The van der Waals surface area contributed by atoms with E-state index in [0.717, 1.165) is 6.07 Å². The highest BCUT2D eigenvalue weighted by Gasteiger charge is 2.35. The summed E-state index contributed by atoms with van der Waals surface area (Å²) in [5.74, 6) is 0.0934. The molecule has 1 unspecified atom stereocenters. The summed E-state index contributed by atoms with van der Waals surface area (Å²) < 4.78 is 38.7. The van der Waals surface area contributed by atoms with Crippen molar-refractivity contribution in [3.63, 3.8) is 0 Å². The van der Waals surface area contributed by atoms with Gasteiger partial charge in [-0.05, 0) is 11.6 Å². The molecule has 18 heavy (non-hydrogen) atoms. The van der Waals surface area contributed by atoms with Gasteiger partial charge >= 0.3 is 6.18 Å². The van der Waals surface area contributed by atoms with Crippen LogP contribution in [0.1, 0.15) is 17.0 Å². The van der Waals surface area contributed by atoms with Gasteiger partial charge in [0, 0.05) is 19.5 Å². The molecule has 0 saturated heterocycles. The van der Waals surface area contributed by atoms with E-state index in [-0.39, 0.29) is 11.5 Å². The third-order valence-electron chi connectivity index (χ3n) is 3.07. The van der Waals surface area contributed by atoms with E-state index in [9.17, 15) is 13.2 Å². The number of nitrogens with zero attached hydrogens (tertiary/aromatic N) is 2. The SMILES string of the molecule is CN1CC(c2ccccc2C(F)(F)F)CN=C1N. The predicted octanol–water partition coefficient (Wildman–Crippen LogP) is 2.05. The monoisotopic (exact) mass is 257 g/mol. The zero-order chi connectivity index (χ0) is 13.3. The zero-order valence-corrected chi connectivity index (χ0v) is 9.91. The Labute approximate surface area is 103 Å². The molecule has 0 radical (unpaired) electrons. The van der Waals surface area contributed by atoms with E-state index < -0.39 is 11.7 Å². The first kappa shape index (κ1) is 12.7. The lowest BCUT2D eigenvalue weighted by molar-refractivity contribution is -0.138. The molecule has 0 bridgehead atoms. The van der Waals surface area contributed by atoms with E-state index in [2.05, 4.69) is 4.99 Å². The van der Waals surface area contributed by atoms with Gasteiger partial charge in [-0.2, -0.15) is 13.2 Å². The molecule has 0 aromatic heterocycles. The quantitative estimate of drug-likeness (QED) is 0.836. The molecule has 0 spiro atoms. The van der Waals surface area contributed by atoms with Gasteiger partial charge in [0.1, 0.15) is 0 Å². The second kappa shape index (κ2) is 4.51. The number of guanidine groups is 1. The predicted molar refractivity (Wildman–Crippen MR) is 63.3 cm³/mol. The van der Waals surface area contributed by atoms with Crippen LogP contribution < -0.4 is 5.73 Å². The third-order valence-corrected chi connectivity index (χ3v) is 3.07. The number of hydrogen-bond acceptors (Lipinski definition) is 3. The van der Waals surface area contributed by atoms with E-state index in [0.29, 0.717) is 19.0 Å². The normalized spacial score (nSPS) is 20.8. The van der Waals surface area contributed by atoms with E-state index in [1.165, 1.54) is 12.1 Å². The Morgan fingerprint density at radius 1 is 1.33 bits per heavy atom. The molecular weight excluding hydrogens is 243 g/mol. The summed E-state index contributed by atoms with van der Waals surface area (Å²) in [5.41, 5.74) is 5.30. The first-order valence-electron chi connectivity index (χ1n) is 5.57. The number of hydrogen-bond donors (Lipinski definition) is 1. The summed E-state index contributed by atoms with van der Waals surface area (Å²) in [5, 5.41) is 0. The molecule has 1 aliphatic rings. The Bertz CT molecular complexity index is 468. The molecular formula is C12H14F3N3. The van der Waals surface area contributed by atoms with Crippen molar-refractivity contribution in [1.82, 2.24) is 4.90 Å². The van der Waals surface area contributed by atoms with Crippen LogP contribution in [-0.2, 0) is 6.18 Å². The fraction of sp³-hybridized carbons (Fsp3) is 0.417. The lowest BCUT2D eigenvalue weighted by Gasteiger charge is -2.30. The molecule has 0 saturated carbocycles. The van der Waals surface area contributed by atoms with E-state index in [1.807, 2.05) is 0 Å². The van der Waals surface area contributed by atoms with Crippen molar-refractivity contribution in [2.75, 3.05) is 20.1 Å². The van der Waals surface area contributed by atoms with Crippen LogP contribution in [0.15, 0.2) is 29.3 Å². The van der Waals surface area contributed by atoms with Crippen LogP contribution in [0.4, 0.5) is 13.2 Å². The second-order valence-corrected chi connectivity index (χ2v) is 4.36. The van der Waals surface area contributed by atoms with Crippen molar-refractivity contribution >= 4 is 5.96 Å². The van der Waals surface area contributed by atoms with E-state index in [4.69, 9.17) is 5.73 Å². The van der Waals surface area contributed by atoms with E-state index in [1.54, 1.807) is 18.0 Å². The van der Waals surface area contributed by atoms with E-state index >= 15 is 0 Å². The van der Waals surface area contributed by atoms with Crippen LogP contribution in [0.25, 0.3) is 0 Å². The fourth-order valence-corrected chi connectivity index (χ4v) is 2.11. The summed E-state index contributed by atoms with van der Waals surface area (Å²) in [4.78, 5) is 5.71. The minimum Gasteiger partial charge on any atom is -0.370 e. The molecule has 2 rings (SSSR count). The highest BCUT2D eigenvalue weighted by molar-refractivity contribution is 5.78. The first-order valence-corrected chi connectivity index (χ1v) is 5.57. The molecule has 1 aliphatic heterocycles. The minimum atomic E-state index is -4.33. The van der Waals surface area contributed by atoms with Crippen molar-refractivity contribution in [3.8, 4) is 0 Å². The molecule has 6 heteroatoms. The van der Waals surface area contributed by atoms with Crippen molar-refractivity contribution in [1.29, 1.82) is 0 Å². The topological polar surface area (TPSA) is 41.6 Å². The van der Waals surface area contributed by atoms with Crippen LogP contribution in [0, 0.1) is 0 Å². The van der Waals surface area contributed by atoms with Crippen molar-refractivity contribution < 1.29 is 13.2 Å². The summed E-state index contributed by atoms with van der Waals surface area (Å²) >= 11 is 0. The van der Waals surface area contributed by atoms with Crippen LogP contribution in [-0.4, -0.2) is 31.0 Å². The molecule has 1 aromatic rings. The summed E-state index contributed by atoms with van der Waals surface area (Å²) in [6.45, 7) is 0.742. The number of benzene rings is 1. The summed E-state index contributed by atoms with van der Waals surface area (Å²) in [7, 11) is 1.72. The maximum Gasteiger partial charge on any atom is 0.416 e. The molecule has 1 aromatic carbocycles. The number of halogens is 3. The van der Waals surface area contributed by atoms with Gasteiger partial charge in [0.25, 0.3) is 0 Å². The minimum absolute atomic E-state index is 0.278. The van der Waals surface area contributed by atoms with Crippen LogP contribution >= 0.6 is 0 Å². The highest BCUT2D eigenvalue weighted by Crippen LogP contribution is 2.35. The van der Waals surface area contributed by atoms with Gasteiger partial charge in [0.15, 0.2) is 5.96 Å². The molecule has 0 fully saturated rings. The first-order chi connectivity index (χ1) is 8.39. The average Bonchev–Trinajstić information content (AvgIpc) is 2.32. The Kier molecular flexibility index (Phi) is 3.19. The second-order valence-electron chi connectivity index (χ2n) is 4.36. The number of aliphatic imine (C=N–C) groups is 1. The van der Waals surface area contributed by atoms with Crippen LogP contribution in [0.2, 0.25) is 0 Å². The number of rotatable bonds is 1. The molecule has 3 nitrogen and oxygen atoms in total. The molecule has 98 valence electrons. The standard InChI is InChI=1S/C12H14F3N3/c1-18-7-8(6-17-11(18)16)9-4-2-3-5-10(9)12(13,14)15/h2-5,8H,6-7H2,1H3,(H2,16,17). The highest BCUT2D eigenvalue weighted by atomic mass is 19.4. The maximum atomic E-state index is 12.9. The fourth-order valence-electron chi connectivity index (χ4n) is 2.11. The summed E-state index contributed by atoms with van der Waals surface area (Å²) in [6, 6.07) is 5.64. The molecule has 2 N–H and O–H groups in total. The zero-order valence-electron chi connectivity index (χ0n) is 9.91. The Morgan fingerprint density at radius 2 is 2.00 bits per heavy atom. The Hall–Kier alpha value is -1.72. The molecule has 1 heterocycles. The van der Waals surface area contributed by atoms with Crippen molar-refractivity contribution in [2.24, 2.45) is 10.7 Å². The van der Waals surface area contributed by atoms with Gasteiger partial charge in [-0.15, -0.1) is 0 Å². The van der Waals surface area contributed by atoms with Gasteiger partial charge < -0.3 is 10.6 Å². The Balaban J connectivity index is 2.35. The molecule has 0 amide bonds. The van der Waals surface area contributed by atoms with Gasteiger partial charge in [-0.25, -0.2) is 0 Å². The number of nitrogens with two attached hydrogens (primary N) is 1. The van der Waals surface area contributed by atoms with Gasteiger partial charge in [0.2, 0.25) is 0 Å². The van der Waals surface area contributed by atoms with Crippen LogP contribution in [0.5, 0.6) is 0 Å². The molecule has 1 atom stereocenters. The molecule has 0 aliphatic carbocycles. The largest absolute Gasteiger partial charge is 0.416 e. The van der Waals surface area contributed by atoms with Crippen molar-refractivity contribution in [2.45, 2.75) is 12.1 Å². The third kappa shape index (κ3) is 2.42. The van der Waals surface area contributed by atoms with Gasteiger partial charge in [-0.1, -0.05) is 18.2 Å². The number of likely N-dealkylation sites (N-methyl/N-ethyl adjacent to an activating group) is 1. The lowest BCUT2D eigenvalue weighted by Crippen LogP contribution is -2.41. The Morgan fingerprint density at radius 3 is 2.61 bits per heavy atom. The average molecular weight is 257 g/mol. The van der Waals surface area contributed by atoms with Gasteiger partial charge in [0.05, 0.1) is 12.1 Å².